The summed E-state index contributed by atoms with van der Waals surface area (Å²) in [4.78, 5) is 0. The molecule has 0 saturated carbocycles. The SMILES string of the molecule is CC(C)(C)CCCOCCCCCCBr. The highest BCUT2D eigenvalue weighted by Gasteiger charge is 2.08. The number of rotatable bonds is 9. The summed E-state index contributed by atoms with van der Waals surface area (Å²) in [6, 6.07) is 0. The third kappa shape index (κ3) is 14.4. The van der Waals surface area contributed by atoms with Crippen molar-refractivity contribution in [3.8, 4) is 0 Å². The van der Waals surface area contributed by atoms with Gasteiger partial charge in [-0.25, -0.2) is 0 Å². The van der Waals surface area contributed by atoms with Crippen LogP contribution >= 0.6 is 15.9 Å². The lowest BCUT2D eigenvalue weighted by Gasteiger charge is -2.17. The molecule has 1 nitrogen and oxygen atoms in total. The van der Waals surface area contributed by atoms with Crippen molar-refractivity contribution in [2.75, 3.05) is 18.5 Å². The zero-order valence-corrected chi connectivity index (χ0v) is 12.2. The minimum atomic E-state index is 0.458. The molecule has 0 unspecified atom stereocenters. The van der Waals surface area contributed by atoms with Crippen LogP contribution in [0.25, 0.3) is 0 Å². The molecule has 15 heavy (non-hydrogen) atoms. The first-order valence-corrected chi connectivity index (χ1v) is 7.32. The van der Waals surface area contributed by atoms with Crippen molar-refractivity contribution in [2.45, 2.75) is 59.3 Å². The molecule has 0 N–H and O–H groups in total. The molecule has 0 rings (SSSR count). The van der Waals surface area contributed by atoms with E-state index in [9.17, 15) is 0 Å². The van der Waals surface area contributed by atoms with Gasteiger partial charge in [-0.05, 0) is 31.1 Å². The Balaban J connectivity index is 2.99. The lowest BCUT2D eigenvalue weighted by molar-refractivity contribution is 0.119. The summed E-state index contributed by atoms with van der Waals surface area (Å²) in [5, 5.41) is 1.14. The molecule has 0 aromatic carbocycles. The van der Waals surface area contributed by atoms with Crippen LogP contribution in [0.1, 0.15) is 59.3 Å². The average Bonchev–Trinajstić information content (AvgIpc) is 2.14. The van der Waals surface area contributed by atoms with Crippen LogP contribution in [0, 0.1) is 5.41 Å². The van der Waals surface area contributed by atoms with Crippen LogP contribution in [0.5, 0.6) is 0 Å². The van der Waals surface area contributed by atoms with E-state index in [0.717, 1.165) is 18.5 Å². The van der Waals surface area contributed by atoms with Crippen LogP contribution in [0.3, 0.4) is 0 Å². The third-order valence-electron chi connectivity index (χ3n) is 2.39. The first kappa shape index (κ1) is 15.4. The number of hydrogen-bond donors (Lipinski definition) is 0. The summed E-state index contributed by atoms with van der Waals surface area (Å²) < 4.78 is 5.60. The van der Waals surface area contributed by atoms with Gasteiger partial charge in [-0.3, -0.25) is 0 Å². The van der Waals surface area contributed by atoms with E-state index >= 15 is 0 Å². The summed E-state index contributed by atoms with van der Waals surface area (Å²) in [5.74, 6) is 0. The number of halogens is 1. The van der Waals surface area contributed by atoms with Gasteiger partial charge in [0.25, 0.3) is 0 Å². The Bertz CT molecular complexity index is 129. The molecule has 0 fully saturated rings. The van der Waals surface area contributed by atoms with Crippen molar-refractivity contribution < 1.29 is 4.74 Å². The van der Waals surface area contributed by atoms with Gasteiger partial charge in [-0.2, -0.15) is 0 Å². The maximum atomic E-state index is 5.60. The van der Waals surface area contributed by atoms with Crippen molar-refractivity contribution in [3.05, 3.63) is 0 Å². The minimum absolute atomic E-state index is 0.458. The smallest absolute Gasteiger partial charge is 0.0466 e. The molecule has 0 atom stereocenters. The highest BCUT2D eigenvalue weighted by molar-refractivity contribution is 9.09. The predicted molar refractivity (Wildman–Crippen MR) is 71.8 cm³/mol. The third-order valence-corrected chi connectivity index (χ3v) is 2.95. The van der Waals surface area contributed by atoms with Crippen molar-refractivity contribution >= 4 is 15.9 Å². The number of alkyl halides is 1. The Labute approximate surface area is 104 Å². The molecule has 0 radical (unpaired) electrons. The first-order chi connectivity index (χ1) is 7.06. The fourth-order valence-electron chi connectivity index (χ4n) is 1.46. The summed E-state index contributed by atoms with van der Waals surface area (Å²) in [7, 11) is 0. The molecule has 0 aromatic heterocycles. The Morgan fingerprint density at radius 3 is 2.07 bits per heavy atom. The van der Waals surface area contributed by atoms with Crippen molar-refractivity contribution in [1.29, 1.82) is 0 Å². The molecule has 0 aliphatic rings. The van der Waals surface area contributed by atoms with Gasteiger partial charge in [0.1, 0.15) is 0 Å². The van der Waals surface area contributed by atoms with Crippen LogP contribution in [0.2, 0.25) is 0 Å². The molecular weight excluding hydrogens is 252 g/mol. The fraction of sp³-hybridized carbons (Fsp3) is 1.00. The van der Waals surface area contributed by atoms with Crippen LogP contribution in [0.4, 0.5) is 0 Å². The summed E-state index contributed by atoms with van der Waals surface area (Å²) >= 11 is 3.44. The molecule has 92 valence electrons. The summed E-state index contributed by atoms with van der Waals surface area (Å²) in [5.41, 5.74) is 0.458. The molecular formula is C13H27BrO. The van der Waals surface area contributed by atoms with E-state index in [2.05, 4.69) is 36.7 Å². The van der Waals surface area contributed by atoms with Crippen molar-refractivity contribution in [1.82, 2.24) is 0 Å². The molecule has 0 spiro atoms. The maximum absolute atomic E-state index is 5.60. The van der Waals surface area contributed by atoms with Gasteiger partial charge in [-0.1, -0.05) is 49.5 Å². The van der Waals surface area contributed by atoms with E-state index in [1.54, 1.807) is 0 Å². The molecule has 0 saturated heterocycles. The topological polar surface area (TPSA) is 9.23 Å². The van der Waals surface area contributed by atoms with Gasteiger partial charge in [0, 0.05) is 18.5 Å². The molecule has 2 heteroatoms. The standard InChI is InChI=1S/C13H27BrO/c1-13(2,3)9-8-12-15-11-7-5-4-6-10-14/h4-12H2,1-3H3. The summed E-state index contributed by atoms with van der Waals surface area (Å²) in [6.07, 6.45) is 7.62. The van der Waals surface area contributed by atoms with Gasteiger partial charge in [0.15, 0.2) is 0 Å². The van der Waals surface area contributed by atoms with Crippen LogP contribution in [-0.4, -0.2) is 18.5 Å². The first-order valence-electron chi connectivity index (χ1n) is 6.20. The zero-order chi connectivity index (χ0) is 11.6. The minimum Gasteiger partial charge on any atom is -0.381 e. The Morgan fingerprint density at radius 1 is 0.867 bits per heavy atom. The second-order valence-electron chi connectivity index (χ2n) is 5.38. The second-order valence-corrected chi connectivity index (χ2v) is 6.17. The van der Waals surface area contributed by atoms with Gasteiger partial charge in [-0.15, -0.1) is 0 Å². The molecule has 0 aliphatic carbocycles. The van der Waals surface area contributed by atoms with Crippen LogP contribution < -0.4 is 0 Å². The maximum Gasteiger partial charge on any atom is 0.0466 e. The van der Waals surface area contributed by atoms with E-state index in [1.807, 2.05) is 0 Å². The largest absolute Gasteiger partial charge is 0.381 e. The molecule has 0 aliphatic heterocycles. The van der Waals surface area contributed by atoms with E-state index < -0.39 is 0 Å². The second kappa shape index (κ2) is 9.65. The molecule has 0 amide bonds. The Hall–Kier alpha value is 0.440. The lowest BCUT2D eigenvalue weighted by atomic mass is 9.91. The summed E-state index contributed by atoms with van der Waals surface area (Å²) in [6.45, 7) is 8.75. The van der Waals surface area contributed by atoms with Gasteiger partial charge >= 0.3 is 0 Å². The van der Waals surface area contributed by atoms with Crippen LogP contribution in [-0.2, 0) is 4.74 Å². The van der Waals surface area contributed by atoms with Gasteiger partial charge in [0.2, 0.25) is 0 Å². The Morgan fingerprint density at radius 2 is 1.47 bits per heavy atom. The van der Waals surface area contributed by atoms with Crippen molar-refractivity contribution in [3.63, 3.8) is 0 Å². The van der Waals surface area contributed by atoms with E-state index in [0.29, 0.717) is 5.41 Å². The van der Waals surface area contributed by atoms with Crippen LogP contribution in [0.15, 0.2) is 0 Å². The lowest BCUT2D eigenvalue weighted by Crippen LogP contribution is -2.07. The van der Waals surface area contributed by atoms with Crippen molar-refractivity contribution in [2.24, 2.45) is 5.41 Å². The average molecular weight is 279 g/mol. The van der Waals surface area contributed by atoms with E-state index in [4.69, 9.17) is 4.74 Å². The normalized spacial score (nSPS) is 12.0. The quantitative estimate of drug-likeness (QED) is 0.436. The van der Waals surface area contributed by atoms with E-state index in [-0.39, 0.29) is 0 Å². The fourth-order valence-corrected chi connectivity index (χ4v) is 1.86. The number of unbranched alkanes of at least 4 members (excludes halogenated alkanes) is 3. The van der Waals surface area contributed by atoms with Gasteiger partial charge < -0.3 is 4.74 Å². The van der Waals surface area contributed by atoms with E-state index in [1.165, 1.54) is 38.5 Å². The monoisotopic (exact) mass is 278 g/mol. The molecule has 0 heterocycles. The zero-order valence-electron chi connectivity index (χ0n) is 10.7. The highest BCUT2D eigenvalue weighted by Crippen LogP contribution is 2.20. The molecule has 0 aromatic rings. The molecule has 0 bridgehead atoms. The van der Waals surface area contributed by atoms with Gasteiger partial charge in [0.05, 0.1) is 0 Å². The predicted octanol–water partition coefficient (Wildman–Crippen LogP) is 4.78. The number of ether oxygens (including phenoxy) is 1. The number of hydrogen-bond acceptors (Lipinski definition) is 1. The Kier molecular flexibility index (Phi) is 9.93. The highest BCUT2D eigenvalue weighted by atomic mass is 79.9.